The summed E-state index contributed by atoms with van der Waals surface area (Å²) < 4.78 is 5.44. The third kappa shape index (κ3) is 2.87. The van der Waals surface area contributed by atoms with E-state index in [-0.39, 0.29) is 0 Å². The highest BCUT2D eigenvalue weighted by atomic mass is 35.5. The van der Waals surface area contributed by atoms with Crippen LogP contribution in [0.25, 0.3) is 22.0 Å². The number of ether oxygens (including phenoxy) is 1. The quantitative estimate of drug-likeness (QED) is 0.718. The maximum absolute atomic E-state index is 5.98. The molecule has 0 amide bonds. The van der Waals surface area contributed by atoms with E-state index in [1.165, 1.54) is 0 Å². The van der Waals surface area contributed by atoms with Crippen LogP contribution < -0.4 is 4.90 Å². The second-order valence-electron chi connectivity index (χ2n) is 5.54. The number of benzene rings is 2. The van der Waals surface area contributed by atoms with Crippen molar-refractivity contribution in [3.05, 3.63) is 53.8 Å². The lowest BCUT2D eigenvalue weighted by Gasteiger charge is -2.28. The first kappa shape index (κ1) is 14.4. The van der Waals surface area contributed by atoms with E-state index in [0.29, 0.717) is 0 Å². The van der Waals surface area contributed by atoms with Gasteiger partial charge >= 0.3 is 0 Å². The van der Waals surface area contributed by atoms with Crippen LogP contribution >= 0.6 is 11.6 Å². The molecular formula is C18H16ClN3O. The van der Waals surface area contributed by atoms with Gasteiger partial charge in [0.1, 0.15) is 12.1 Å². The Morgan fingerprint density at radius 1 is 0.913 bits per heavy atom. The number of anilines is 1. The van der Waals surface area contributed by atoms with Gasteiger partial charge in [-0.2, -0.15) is 0 Å². The molecule has 2 heterocycles. The van der Waals surface area contributed by atoms with E-state index in [0.717, 1.165) is 59.2 Å². The molecule has 4 rings (SSSR count). The maximum atomic E-state index is 5.98. The Bertz CT molecular complexity index is 829. The van der Waals surface area contributed by atoms with Crippen LogP contribution in [0.1, 0.15) is 0 Å². The van der Waals surface area contributed by atoms with E-state index in [1.807, 2.05) is 30.3 Å². The highest BCUT2D eigenvalue weighted by molar-refractivity contribution is 6.30. The van der Waals surface area contributed by atoms with Crippen LogP contribution in [0.5, 0.6) is 0 Å². The molecule has 3 aromatic rings. The third-order valence-corrected chi connectivity index (χ3v) is 4.35. The lowest BCUT2D eigenvalue weighted by molar-refractivity contribution is 0.122. The zero-order valence-corrected chi connectivity index (χ0v) is 13.3. The summed E-state index contributed by atoms with van der Waals surface area (Å²) in [6.45, 7) is 3.19. The van der Waals surface area contributed by atoms with Crippen LogP contribution in [0, 0.1) is 0 Å². The van der Waals surface area contributed by atoms with E-state index in [4.69, 9.17) is 16.3 Å². The van der Waals surface area contributed by atoms with Crippen LogP contribution in [0.15, 0.2) is 48.8 Å². The van der Waals surface area contributed by atoms with Gasteiger partial charge in [0.25, 0.3) is 0 Å². The van der Waals surface area contributed by atoms with Gasteiger partial charge in [-0.15, -0.1) is 0 Å². The summed E-state index contributed by atoms with van der Waals surface area (Å²) in [5, 5.41) is 1.81. The number of hydrogen-bond donors (Lipinski definition) is 0. The van der Waals surface area contributed by atoms with Gasteiger partial charge in [0, 0.05) is 23.5 Å². The molecule has 0 saturated carbocycles. The SMILES string of the molecule is Clc1ccc(-c2ccc3ncnc(N4CCOCC4)c3c2)cc1. The van der Waals surface area contributed by atoms with Crippen molar-refractivity contribution in [2.75, 3.05) is 31.2 Å². The molecule has 0 bridgehead atoms. The van der Waals surface area contributed by atoms with Crippen molar-refractivity contribution in [3.8, 4) is 11.1 Å². The number of nitrogens with zero attached hydrogens (tertiary/aromatic N) is 3. The van der Waals surface area contributed by atoms with E-state index in [1.54, 1.807) is 6.33 Å². The molecule has 0 aliphatic carbocycles. The zero-order valence-electron chi connectivity index (χ0n) is 12.6. The molecule has 1 fully saturated rings. The molecule has 4 nitrogen and oxygen atoms in total. The fourth-order valence-electron chi connectivity index (χ4n) is 2.89. The van der Waals surface area contributed by atoms with Gasteiger partial charge in [-0.3, -0.25) is 0 Å². The molecule has 1 saturated heterocycles. The summed E-state index contributed by atoms with van der Waals surface area (Å²) in [7, 11) is 0. The molecule has 0 radical (unpaired) electrons. The van der Waals surface area contributed by atoms with Crippen molar-refractivity contribution in [2.45, 2.75) is 0 Å². The number of aromatic nitrogens is 2. The summed E-state index contributed by atoms with van der Waals surface area (Å²) >= 11 is 5.98. The average Bonchev–Trinajstić information content (AvgIpc) is 2.62. The first-order valence-corrected chi connectivity index (χ1v) is 8.02. The summed E-state index contributed by atoms with van der Waals surface area (Å²) in [6.07, 6.45) is 1.63. The van der Waals surface area contributed by atoms with Gasteiger partial charge < -0.3 is 9.64 Å². The van der Waals surface area contributed by atoms with Gasteiger partial charge in [0.05, 0.1) is 18.7 Å². The topological polar surface area (TPSA) is 38.2 Å². The Balaban J connectivity index is 1.81. The highest BCUT2D eigenvalue weighted by Gasteiger charge is 2.16. The molecule has 0 unspecified atom stereocenters. The maximum Gasteiger partial charge on any atom is 0.140 e. The van der Waals surface area contributed by atoms with E-state index in [9.17, 15) is 0 Å². The average molecular weight is 326 g/mol. The van der Waals surface area contributed by atoms with Gasteiger partial charge in [0.15, 0.2) is 0 Å². The van der Waals surface area contributed by atoms with E-state index < -0.39 is 0 Å². The minimum atomic E-state index is 0.738. The minimum Gasteiger partial charge on any atom is -0.378 e. The lowest BCUT2D eigenvalue weighted by atomic mass is 10.0. The molecule has 0 spiro atoms. The molecule has 1 aromatic heterocycles. The molecule has 116 valence electrons. The van der Waals surface area contributed by atoms with Gasteiger partial charge in [0.2, 0.25) is 0 Å². The molecule has 2 aromatic carbocycles. The largest absolute Gasteiger partial charge is 0.378 e. The molecule has 23 heavy (non-hydrogen) atoms. The zero-order chi connectivity index (χ0) is 15.6. The minimum absolute atomic E-state index is 0.738. The molecule has 0 atom stereocenters. The number of rotatable bonds is 2. The Morgan fingerprint density at radius 3 is 2.43 bits per heavy atom. The smallest absolute Gasteiger partial charge is 0.140 e. The number of halogens is 1. The Morgan fingerprint density at radius 2 is 1.65 bits per heavy atom. The van der Waals surface area contributed by atoms with Gasteiger partial charge in [-0.25, -0.2) is 9.97 Å². The van der Waals surface area contributed by atoms with Crippen LogP contribution in [-0.4, -0.2) is 36.3 Å². The predicted molar refractivity (Wildman–Crippen MR) is 93.0 cm³/mol. The Labute approximate surface area is 139 Å². The van der Waals surface area contributed by atoms with Crippen molar-refractivity contribution in [1.29, 1.82) is 0 Å². The van der Waals surface area contributed by atoms with Crippen LogP contribution in [0.4, 0.5) is 5.82 Å². The van der Waals surface area contributed by atoms with Crippen LogP contribution in [0.3, 0.4) is 0 Å². The Kier molecular flexibility index (Phi) is 3.85. The standard InChI is InChI=1S/C18H16ClN3O/c19-15-4-1-13(2-5-15)14-3-6-17-16(11-14)18(21-12-20-17)22-7-9-23-10-8-22/h1-6,11-12H,7-10H2. The fourth-order valence-corrected chi connectivity index (χ4v) is 3.02. The third-order valence-electron chi connectivity index (χ3n) is 4.10. The van der Waals surface area contributed by atoms with Gasteiger partial charge in [-0.1, -0.05) is 29.8 Å². The normalized spacial score (nSPS) is 15.1. The van der Waals surface area contributed by atoms with Crippen molar-refractivity contribution in [3.63, 3.8) is 0 Å². The van der Waals surface area contributed by atoms with Gasteiger partial charge in [-0.05, 0) is 35.4 Å². The van der Waals surface area contributed by atoms with Crippen LogP contribution in [0.2, 0.25) is 5.02 Å². The highest BCUT2D eigenvalue weighted by Crippen LogP contribution is 2.29. The summed E-state index contributed by atoms with van der Waals surface area (Å²) in [5.74, 6) is 0.981. The second kappa shape index (κ2) is 6.14. The molecular weight excluding hydrogens is 310 g/mol. The fraction of sp³-hybridized carbons (Fsp3) is 0.222. The molecule has 1 aliphatic rings. The Hall–Kier alpha value is -2.17. The number of fused-ring (bicyclic) bond motifs is 1. The predicted octanol–water partition coefficient (Wildman–Crippen LogP) is 3.79. The summed E-state index contributed by atoms with van der Waals surface area (Å²) in [6, 6.07) is 14.2. The van der Waals surface area contributed by atoms with Crippen LogP contribution in [-0.2, 0) is 4.74 Å². The molecule has 5 heteroatoms. The summed E-state index contributed by atoms with van der Waals surface area (Å²) in [5.41, 5.74) is 3.23. The summed E-state index contributed by atoms with van der Waals surface area (Å²) in [4.78, 5) is 11.2. The number of morpholine rings is 1. The second-order valence-corrected chi connectivity index (χ2v) is 5.97. The first-order valence-electron chi connectivity index (χ1n) is 7.65. The molecule has 1 aliphatic heterocycles. The first-order chi connectivity index (χ1) is 11.3. The lowest BCUT2D eigenvalue weighted by Crippen LogP contribution is -2.36. The number of hydrogen-bond acceptors (Lipinski definition) is 4. The van der Waals surface area contributed by atoms with E-state index >= 15 is 0 Å². The molecule has 0 N–H and O–H groups in total. The van der Waals surface area contributed by atoms with E-state index in [2.05, 4.69) is 27.0 Å². The van der Waals surface area contributed by atoms with Crippen molar-refractivity contribution >= 4 is 28.3 Å². The van der Waals surface area contributed by atoms with Crippen molar-refractivity contribution in [1.82, 2.24) is 9.97 Å². The van der Waals surface area contributed by atoms with Crippen molar-refractivity contribution in [2.24, 2.45) is 0 Å². The van der Waals surface area contributed by atoms with Crippen molar-refractivity contribution < 1.29 is 4.74 Å². The monoisotopic (exact) mass is 325 g/mol.